The van der Waals surface area contributed by atoms with Crippen molar-refractivity contribution < 1.29 is 4.79 Å². The lowest BCUT2D eigenvalue weighted by molar-refractivity contribution is -0.116. The third-order valence-corrected chi connectivity index (χ3v) is 4.72. The monoisotopic (exact) mass is 351 g/mol. The van der Waals surface area contributed by atoms with Crippen LogP contribution in [0.3, 0.4) is 0 Å². The molecule has 3 aromatic rings. The molecule has 1 aromatic carbocycles. The summed E-state index contributed by atoms with van der Waals surface area (Å²) in [5.74, 6) is 0.0762. The summed E-state index contributed by atoms with van der Waals surface area (Å²) in [6.45, 7) is 2.13. The average Bonchev–Trinajstić information content (AvgIpc) is 3.13. The zero-order chi connectivity index (χ0) is 17.5. The van der Waals surface area contributed by atoms with Gasteiger partial charge in [-0.15, -0.1) is 11.3 Å². The molecule has 2 aromatic heterocycles. The predicted octanol–water partition coefficient (Wildman–Crippen LogP) is 5.39. The van der Waals surface area contributed by atoms with Gasteiger partial charge in [-0.1, -0.05) is 38.0 Å². The van der Waals surface area contributed by atoms with Crippen LogP contribution >= 0.6 is 11.3 Å². The molecule has 0 fully saturated rings. The molecule has 0 aliphatic carbocycles. The summed E-state index contributed by atoms with van der Waals surface area (Å²) in [4.78, 5) is 20.9. The lowest BCUT2D eigenvalue weighted by Gasteiger charge is -2.05. The van der Waals surface area contributed by atoms with Gasteiger partial charge in [0, 0.05) is 29.2 Å². The van der Waals surface area contributed by atoms with E-state index in [4.69, 9.17) is 0 Å². The van der Waals surface area contributed by atoms with Crippen molar-refractivity contribution in [2.75, 3.05) is 5.32 Å². The Bertz CT molecular complexity index is 812. The number of anilines is 1. The molecular formula is C20H21N3OS. The predicted molar refractivity (Wildman–Crippen MR) is 104 cm³/mol. The molecule has 0 unspecified atom stereocenters. The van der Waals surface area contributed by atoms with E-state index in [1.54, 1.807) is 17.5 Å². The van der Waals surface area contributed by atoms with Crippen LogP contribution in [0.15, 0.2) is 54.0 Å². The fourth-order valence-electron chi connectivity index (χ4n) is 2.50. The number of hydrogen-bond acceptors (Lipinski definition) is 4. The number of hydrogen-bond donors (Lipinski definition) is 1. The van der Waals surface area contributed by atoms with Crippen molar-refractivity contribution in [2.45, 2.75) is 32.6 Å². The number of pyridine rings is 1. The fraction of sp³-hybridized carbons (Fsp3) is 0.250. The average molecular weight is 351 g/mol. The van der Waals surface area contributed by atoms with Crippen LogP contribution in [0.2, 0.25) is 0 Å². The van der Waals surface area contributed by atoms with Crippen LogP contribution in [0.1, 0.15) is 32.6 Å². The van der Waals surface area contributed by atoms with Gasteiger partial charge < -0.3 is 5.32 Å². The smallest absolute Gasteiger partial charge is 0.224 e. The van der Waals surface area contributed by atoms with Crippen molar-refractivity contribution in [1.29, 1.82) is 0 Å². The van der Waals surface area contributed by atoms with Crippen LogP contribution in [0.25, 0.3) is 22.0 Å². The van der Waals surface area contributed by atoms with E-state index < -0.39 is 0 Å². The molecule has 25 heavy (non-hydrogen) atoms. The van der Waals surface area contributed by atoms with E-state index in [2.05, 4.69) is 22.2 Å². The van der Waals surface area contributed by atoms with Crippen LogP contribution in [-0.4, -0.2) is 15.9 Å². The Morgan fingerprint density at radius 1 is 1.08 bits per heavy atom. The number of aromatic nitrogens is 2. The van der Waals surface area contributed by atoms with Gasteiger partial charge in [0.1, 0.15) is 5.01 Å². The van der Waals surface area contributed by atoms with Crippen molar-refractivity contribution in [3.63, 3.8) is 0 Å². The second-order valence-electron chi connectivity index (χ2n) is 5.84. The zero-order valence-electron chi connectivity index (χ0n) is 14.2. The summed E-state index contributed by atoms with van der Waals surface area (Å²) in [6, 6.07) is 13.6. The molecule has 3 rings (SSSR count). The summed E-state index contributed by atoms with van der Waals surface area (Å²) in [5, 5.41) is 5.88. The summed E-state index contributed by atoms with van der Waals surface area (Å²) < 4.78 is 0. The van der Waals surface area contributed by atoms with Gasteiger partial charge in [-0.05, 0) is 30.7 Å². The van der Waals surface area contributed by atoms with Gasteiger partial charge in [0.15, 0.2) is 0 Å². The molecule has 0 bridgehead atoms. The highest BCUT2D eigenvalue weighted by atomic mass is 32.1. The molecule has 1 N–H and O–H groups in total. The molecule has 128 valence electrons. The van der Waals surface area contributed by atoms with Gasteiger partial charge in [-0.25, -0.2) is 4.98 Å². The largest absolute Gasteiger partial charge is 0.326 e. The van der Waals surface area contributed by atoms with Crippen LogP contribution in [0.4, 0.5) is 5.69 Å². The molecule has 2 heterocycles. The van der Waals surface area contributed by atoms with Crippen LogP contribution in [0.5, 0.6) is 0 Å². The van der Waals surface area contributed by atoms with Crippen LogP contribution in [-0.2, 0) is 4.79 Å². The number of thiazole rings is 1. The Morgan fingerprint density at radius 2 is 1.92 bits per heavy atom. The summed E-state index contributed by atoms with van der Waals surface area (Å²) >= 11 is 1.58. The number of amides is 1. The Balaban J connectivity index is 1.65. The molecule has 0 aliphatic rings. The lowest BCUT2D eigenvalue weighted by Crippen LogP contribution is -2.10. The third kappa shape index (κ3) is 4.73. The van der Waals surface area contributed by atoms with Crippen molar-refractivity contribution in [2.24, 2.45) is 0 Å². The van der Waals surface area contributed by atoms with Crippen molar-refractivity contribution in [3.8, 4) is 22.0 Å². The maximum absolute atomic E-state index is 11.9. The topological polar surface area (TPSA) is 54.9 Å². The number of nitrogens with zero attached hydrogens (tertiary/aromatic N) is 2. The SMILES string of the molecule is CCCCCC(=O)Nc1ccc(-c2csc(-c3ccccn3)n2)cc1. The van der Waals surface area contributed by atoms with Gasteiger partial charge in [0.2, 0.25) is 5.91 Å². The van der Waals surface area contributed by atoms with Crippen molar-refractivity contribution >= 4 is 22.9 Å². The van der Waals surface area contributed by atoms with Gasteiger partial charge in [-0.2, -0.15) is 0 Å². The molecular weight excluding hydrogens is 330 g/mol. The third-order valence-electron chi connectivity index (χ3n) is 3.86. The maximum atomic E-state index is 11.9. The molecule has 0 saturated carbocycles. The number of carbonyl (C=O) groups excluding carboxylic acids is 1. The van der Waals surface area contributed by atoms with E-state index in [9.17, 15) is 4.79 Å². The standard InChI is InChI=1S/C20H21N3OS/c1-2-3-4-8-19(24)22-16-11-9-15(10-12-16)18-14-25-20(23-18)17-7-5-6-13-21-17/h5-7,9-14H,2-4,8H2,1H3,(H,22,24). The zero-order valence-corrected chi connectivity index (χ0v) is 15.1. The minimum Gasteiger partial charge on any atom is -0.326 e. The van der Waals surface area contributed by atoms with Crippen molar-refractivity contribution in [1.82, 2.24) is 9.97 Å². The summed E-state index contributed by atoms with van der Waals surface area (Å²) in [7, 11) is 0. The number of carbonyl (C=O) groups is 1. The molecule has 0 aliphatic heterocycles. The lowest BCUT2D eigenvalue weighted by atomic mass is 10.1. The number of benzene rings is 1. The quantitative estimate of drug-likeness (QED) is 0.581. The highest BCUT2D eigenvalue weighted by Gasteiger charge is 2.08. The molecule has 1 amide bonds. The first-order valence-corrected chi connectivity index (χ1v) is 9.41. The van der Waals surface area contributed by atoms with E-state index >= 15 is 0 Å². The van der Waals surface area contributed by atoms with Crippen LogP contribution in [0, 0.1) is 0 Å². The minimum atomic E-state index is 0.0762. The highest BCUT2D eigenvalue weighted by Crippen LogP contribution is 2.28. The fourth-order valence-corrected chi connectivity index (χ4v) is 3.30. The minimum absolute atomic E-state index is 0.0762. The van der Waals surface area contributed by atoms with E-state index in [-0.39, 0.29) is 5.91 Å². The maximum Gasteiger partial charge on any atom is 0.224 e. The van der Waals surface area contributed by atoms with E-state index in [1.807, 2.05) is 47.8 Å². The normalized spacial score (nSPS) is 10.6. The Kier molecular flexibility index (Phi) is 5.90. The summed E-state index contributed by atoms with van der Waals surface area (Å²) in [6.07, 6.45) is 5.50. The van der Waals surface area contributed by atoms with Crippen LogP contribution < -0.4 is 5.32 Å². The van der Waals surface area contributed by atoms with Gasteiger partial charge >= 0.3 is 0 Å². The molecule has 0 spiro atoms. The second-order valence-corrected chi connectivity index (χ2v) is 6.69. The van der Waals surface area contributed by atoms with Gasteiger partial charge in [-0.3, -0.25) is 9.78 Å². The first kappa shape index (κ1) is 17.3. The number of rotatable bonds is 7. The summed E-state index contributed by atoms with van der Waals surface area (Å²) in [5.41, 5.74) is 3.66. The highest BCUT2D eigenvalue weighted by molar-refractivity contribution is 7.13. The molecule has 0 saturated heterocycles. The van der Waals surface area contributed by atoms with Gasteiger partial charge in [0.25, 0.3) is 0 Å². The Hall–Kier alpha value is -2.53. The van der Waals surface area contributed by atoms with Gasteiger partial charge in [0.05, 0.1) is 11.4 Å². The number of unbranched alkanes of at least 4 members (excludes halogenated alkanes) is 2. The Morgan fingerprint density at radius 3 is 2.64 bits per heavy atom. The van der Waals surface area contributed by atoms with E-state index in [0.717, 1.165) is 46.9 Å². The first-order valence-electron chi connectivity index (χ1n) is 8.53. The molecule has 0 radical (unpaired) electrons. The molecule has 0 atom stereocenters. The van der Waals surface area contributed by atoms with E-state index in [0.29, 0.717) is 6.42 Å². The first-order chi connectivity index (χ1) is 12.3. The molecule has 5 heteroatoms. The van der Waals surface area contributed by atoms with Crippen molar-refractivity contribution in [3.05, 3.63) is 54.0 Å². The number of nitrogens with one attached hydrogen (secondary N) is 1. The molecule has 4 nitrogen and oxygen atoms in total. The Labute approximate surface area is 152 Å². The second kappa shape index (κ2) is 8.53. The van der Waals surface area contributed by atoms with E-state index in [1.165, 1.54) is 0 Å².